The number of fused-ring (bicyclic) bond motifs is 1. The predicted molar refractivity (Wildman–Crippen MR) is 112 cm³/mol. The Morgan fingerprint density at radius 2 is 1.81 bits per heavy atom. The first-order valence-electron chi connectivity index (χ1n) is 8.98. The zero-order chi connectivity index (χ0) is 17.1. The number of amides is 1. The molecule has 1 saturated heterocycles. The lowest BCUT2D eigenvalue weighted by Gasteiger charge is -2.16. The van der Waals surface area contributed by atoms with Gasteiger partial charge in [-0.1, -0.05) is 12.1 Å². The molecule has 2 aliphatic rings. The van der Waals surface area contributed by atoms with Gasteiger partial charge >= 0.3 is 0 Å². The summed E-state index contributed by atoms with van der Waals surface area (Å²) in [7, 11) is 0. The van der Waals surface area contributed by atoms with Crippen LogP contribution in [0.15, 0.2) is 30.6 Å². The Kier molecular flexibility index (Phi) is 7.83. The summed E-state index contributed by atoms with van der Waals surface area (Å²) in [6.45, 7) is 3.48. The smallest absolute Gasteiger partial charge is 0.227 e. The molecule has 0 bridgehead atoms. The lowest BCUT2D eigenvalue weighted by Crippen LogP contribution is -2.23. The van der Waals surface area contributed by atoms with Crippen molar-refractivity contribution in [2.75, 3.05) is 29.9 Å². The first kappa shape index (κ1) is 21.4. The van der Waals surface area contributed by atoms with Gasteiger partial charge in [-0.3, -0.25) is 4.79 Å². The Morgan fingerprint density at radius 3 is 2.56 bits per heavy atom. The zero-order valence-corrected chi connectivity index (χ0v) is 16.7. The molecule has 146 valence electrons. The molecule has 8 heteroatoms. The van der Waals surface area contributed by atoms with Crippen LogP contribution in [0.3, 0.4) is 0 Å². The van der Waals surface area contributed by atoms with Gasteiger partial charge in [0, 0.05) is 43.7 Å². The van der Waals surface area contributed by atoms with Crippen molar-refractivity contribution in [1.82, 2.24) is 15.3 Å². The molecule has 2 N–H and O–H groups in total. The van der Waals surface area contributed by atoms with E-state index in [1.54, 1.807) is 6.33 Å². The number of hydrogen-bond donors (Lipinski definition) is 2. The second-order valence-electron chi connectivity index (χ2n) is 6.57. The van der Waals surface area contributed by atoms with Crippen LogP contribution in [0, 0.1) is 0 Å². The van der Waals surface area contributed by atoms with Crippen LogP contribution in [0.2, 0.25) is 0 Å². The Morgan fingerprint density at radius 1 is 1.04 bits per heavy atom. The van der Waals surface area contributed by atoms with Crippen LogP contribution >= 0.6 is 24.8 Å². The Labute approximate surface area is 172 Å². The first-order chi connectivity index (χ1) is 12.3. The predicted octanol–water partition coefficient (Wildman–Crippen LogP) is 2.75. The average molecular weight is 410 g/mol. The van der Waals surface area contributed by atoms with Crippen molar-refractivity contribution in [3.05, 3.63) is 47.4 Å². The Hall–Kier alpha value is -1.89. The standard InChI is InChI=1S/C19H23N5O.2ClH/c25-18-2-1-11-24(18)15-5-3-14(4-6-15)12-21-19-16-7-9-20-10-8-17(16)22-13-23-19;;/h3-6,13,20H,1-2,7-12H2,(H,21,22,23);2*1H. The number of halogens is 2. The molecular formula is C19H25Cl2N5O. The monoisotopic (exact) mass is 409 g/mol. The lowest BCUT2D eigenvalue weighted by atomic mass is 10.1. The molecule has 1 amide bonds. The van der Waals surface area contributed by atoms with Crippen LogP contribution in [0.5, 0.6) is 0 Å². The molecule has 1 aromatic carbocycles. The quantitative estimate of drug-likeness (QED) is 0.811. The van der Waals surface area contributed by atoms with Gasteiger partial charge in [0.2, 0.25) is 5.91 Å². The Balaban J connectivity index is 0.00000131. The fraction of sp³-hybridized carbons (Fsp3) is 0.421. The van der Waals surface area contributed by atoms with Gasteiger partial charge < -0.3 is 15.5 Å². The van der Waals surface area contributed by atoms with Crippen molar-refractivity contribution >= 4 is 42.2 Å². The van der Waals surface area contributed by atoms with Crippen LogP contribution in [0.25, 0.3) is 0 Å². The van der Waals surface area contributed by atoms with Gasteiger partial charge in [-0.25, -0.2) is 9.97 Å². The van der Waals surface area contributed by atoms with Gasteiger partial charge in [0.15, 0.2) is 0 Å². The number of benzene rings is 1. The summed E-state index contributed by atoms with van der Waals surface area (Å²) in [5.41, 5.74) is 4.54. The highest BCUT2D eigenvalue weighted by atomic mass is 35.5. The van der Waals surface area contributed by atoms with E-state index in [9.17, 15) is 4.79 Å². The summed E-state index contributed by atoms with van der Waals surface area (Å²) in [5, 5.41) is 6.86. The summed E-state index contributed by atoms with van der Waals surface area (Å²) < 4.78 is 0. The fourth-order valence-electron chi connectivity index (χ4n) is 3.53. The van der Waals surface area contributed by atoms with Crippen LogP contribution < -0.4 is 15.5 Å². The van der Waals surface area contributed by atoms with E-state index in [1.807, 2.05) is 17.0 Å². The van der Waals surface area contributed by atoms with Gasteiger partial charge in [-0.15, -0.1) is 24.8 Å². The summed E-state index contributed by atoms with van der Waals surface area (Å²) >= 11 is 0. The molecule has 1 aromatic heterocycles. The van der Waals surface area contributed by atoms with Crippen molar-refractivity contribution in [3.63, 3.8) is 0 Å². The number of nitrogens with one attached hydrogen (secondary N) is 2. The summed E-state index contributed by atoms with van der Waals surface area (Å²) in [6.07, 6.45) is 5.17. The topological polar surface area (TPSA) is 70.2 Å². The molecule has 2 aromatic rings. The average Bonchev–Trinajstić information content (AvgIpc) is 2.92. The maximum Gasteiger partial charge on any atom is 0.227 e. The SMILES string of the molecule is Cl.Cl.O=C1CCCN1c1ccc(CNc2ncnc3c2CCNCC3)cc1. The highest BCUT2D eigenvalue weighted by Crippen LogP contribution is 2.23. The molecular weight excluding hydrogens is 385 g/mol. The number of carbonyl (C=O) groups is 1. The Bertz CT molecular complexity index is 769. The van der Waals surface area contributed by atoms with E-state index in [4.69, 9.17) is 0 Å². The number of aromatic nitrogens is 2. The molecule has 4 rings (SSSR count). The molecule has 0 aliphatic carbocycles. The minimum absolute atomic E-state index is 0. The number of anilines is 2. The number of carbonyl (C=O) groups excluding carboxylic acids is 1. The summed E-state index contributed by atoms with van der Waals surface area (Å²) in [5.74, 6) is 1.16. The van der Waals surface area contributed by atoms with E-state index in [1.165, 1.54) is 11.1 Å². The minimum Gasteiger partial charge on any atom is -0.366 e. The maximum atomic E-state index is 11.8. The van der Waals surface area contributed by atoms with Crippen molar-refractivity contribution < 1.29 is 4.79 Å². The van der Waals surface area contributed by atoms with E-state index in [0.717, 1.165) is 56.1 Å². The van der Waals surface area contributed by atoms with Crippen LogP contribution in [0.1, 0.15) is 29.7 Å². The first-order valence-corrected chi connectivity index (χ1v) is 8.98. The maximum absolute atomic E-state index is 11.8. The normalized spacial score (nSPS) is 16.0. The molecule has 0 saturated carbocycles. The van der Waals surface area contributed by atoms with Gasteiger partial charge in [-0.05, 0) is 37.1 Å². The molecule has 3 heterocycles. The van der Waals surface area contributed by atoms with E-state index in [-0.39, 0.29) is 30.7 Å². The molecule has 0 atom stereocenters. The second-order valence-corrected chi connectivity index (χ2v) is 6.57. The van der Waals surface area contributed by atoms with Gasteiger partial charge in [0.1, 0.15) is 12.1 Å². The molecule has 1 fully saturated rings. The molecule has 0 radical (unpaired) electrons. The molecule has 6 nitrogen and oxygen atoms in total. The second kappa shape index (κ2) is 9.88. The van der Waals surface area contributed by atoms with E-state index < -0.39 is 0 Å². The van der Waals surface area contributed by atoms with Crippen molar-refractivity contribution in [2.24, 2.45) is 0 Å². The number of nitrogens with zero attached hydrogens (tertiary/aromatic N) is 3. The highest BCUT2D eigenvalue weighted by Gasteiger charge is 2.21. The molecule has 0 unspecified atom stereocenters. The van der Waals surface area contributed by atoms with Crippen LogP contribution in [-0.2, 0) is 24.2 Å². The largest absolute Gasteiger partial charge is 0.366 e. The lowest BCUT2D eigenvalue weighted by molar-refractivity contribution is -0.117. The third-order valence-electron chi connectivity index (χ3n) is 4.91. The third-order valence-corrected chi connectivity index (χ3v) is 4.91. The van der Waals surface area contributed by atoms with Crippen LogP contribution in [-0.4, -0.2) is 35.5 Å². The van der Waals surface area contributed by atoms with Crippen molar-refractivity contribution in [2.45, 2.75) is 32.2 Å². The van der Waals surface area contributed by atoms with Crippen molar-refractivity contribution in [3.8, 4) is 0 Å². The summed E-state index contributed by atoms with van der Waals surface area (Å²) in [6, 6.07) is 8.22. The van der Waals surface area contributed by atoms with Gasteiger partial charge in [0.05, 0.1) is 5.69 Å². The van der Waals surface area contributed by atoms with Gasteiger partial charge in [-0.2, -0.15) is 0 Å². The minimum atomic E-state index is 0. The molecule has 0 spiro atoms. The fourth-order valence-corrected chi connectivity index (χ4v) is 3.53. The van der Waals surface area contributed by atoms with Gasteiger partial charge in [0.25, 0.3) is 0 Å². The number of hydrogen-bond acceptors (Lipinski definition) is 5. The van der Waals surface area contributed by atoms with Crippen LogP contribution in [0.4, 0.5) is 11.5 Å². The third kappa shape index (κ3) is 4.89. The zero-order valence-electron chi connectivity index (χ0n) is 15.1. The van der Waals surface area contributed by atoms with E-state index >= 15 is 0 Å². The molecule has 2 aliphatic heterocycles. The number of rotatable bonds is 4. The molecule has 27 heavy (non-hydrogen) atoms. The van der Waals surface area contributed by atoms with E-state index in [2.05, 4.69) is 32.7 Å². The highest BCUT2D eigenvalue weighted by molar-refractivity contribution is 5.95. The van der Waals surface area contributed by atoms with Crippen molar-refractivity contribution in [1.29, 1.82) is 0 Å². The van der Waals surface area contributed by atoms with E-state index in [0.29, 0.717) is 13.0 Å². The summed E-state index contributed by atoms with van der Waals surface area (Å²) in [4.78, 5) is 22.6.